The number of nitrogens with two attached hydrogens (primary N) is 1. The molecule has 1 aliphatic rings. The van der Waals surface area contributed by atoms with Crippen LogP contribution in [0, 0.1) is 5.92 Å². The van der Waals surface area contributed by atoms with Gasteiger partial charge in [-0.05, 0) is 32.0 Å². The molecule has 0 amide bonds. The summed E-state index contributed by atoms with van der Waals surface area (Å²) >= 11 is 0. The number of likely N-dealkylation sites (tertiary alicyclic amines) is 1. The average molecular weight is 264 g/mol. The summed E-state index contributed by atoms with van der Waals surface area (Å²) in [5, 5.41) is 3.25. The SMILES string of the molecule is COC(=O)c1cc(NCC2CCN(C)C2)ncc1N. The Kier molecular flexibility index (Phi) is 4.21. The highest BCUT2D eigenvalue weighted by Crippen LogP contribution is 2.18. The minimum absolute atomic E-state index is 0.331. The molecule has 1 fully saturated rings. The van der Waals surface area contributed by atoms with Gasteiger partial charge in [-0.1, -0.05) is 0 Å². The van der Waals surface area contributed by atoms with Crippen molar-refractivity contribution in [2.24, 2.45) is 5.92 Å². The molecule has 1 aliphatic heterocycles. The fraction of sp³-hybridized carbons (Fsp3) is 0.538. The Hall–Kier alpha value is -1.82. The van der Waals surface area contributed by atoms with E-state index in [0.29, 0.717) is 23.0 Å². The van der Waals surface area contributed by atoms with Crippen LogP contribution in [0.4, 0.5) is 11.5 Å². The minimum Gasteiger partial charge on any atom is -0.465 e. The van der Waals surface area contributed by atoms with Gasteiger partial charge < -0.3 is 20.7 Å². The maximum Gasteiger partial charge on any atom is 0.340 e. The molecule has 104 valence electrons. The summed E-state index contributed by atoms with van der Waals surface area (Å²) < 4.78 is 4.68. The third-order valence-electron chi connectivity index (χ3n) is 3.40. The zero-order chi connectivity index (χ0) is 13.8. The van der Waals surface area contributed by atoms with E-state index < -0.39 is 5.97 Å². The largest absolute Gasteiger partial charge is 0.465 e. The van der Waals surface area contributed by atoms with Crippen molar-refractivity contribution in [1.82, 2.24) is 9.88 Å². The highest BCUT2D eigenvalue weighted by atomic mass is 16.5. The summed E-state index contributed by atoms with van der Waals surface area (Å²) in [6.45, 7) is 3.07. The van der Waals surface area contributed by atoms with Gasteiger partial charge in [-0.15, -0.1) is 0 Å². The van der Waals surface area contributed by atoms with E-state index in [1.165, 1.54) is 19.7 Å². The van der Waals surface area contributed by atoms with Crippen molar-refractivity contribution >= 4 is 17.5 Å². The monoisotopic (exact) mass is 264 g/mol. The number of nitrogens with zero attached hydrogens (tertiary/aromatic N) is 2. The second-order valence-corrected chi connectivity index (χ2v) is 4.95. The Morgan fingerprint density at radius 1 is 1.68 bits per heavy atom. The Balaban J connectivity index is 1.99. The zero-order valence-electron chi connectivity index (χ0n) is 11.3. The molecule has 1 aromatic rings. The fourth-order valence-corrected chi connectivity index (χ4v) is 2.29. The van der Waals surface area contributed by atoms with E-state index in [4.69, 9.17) is 5.73 Å². The van der Waals surface area contributed by atoms with Crippen LogP contribution in [0.15, 0.2) is 12.3 Å². The Bertz CT molecular complexity index is 464. The van der Waals surface area contributed by atoms with E-state index in [2.05, 4.69) is 27.0 Å². The first-order chi connectivity index (χ1) is 9.10. The number of ether oxygens (including phenoxy) is 1. The number of hydrogen-bond acceptors (Lipinski definition) is 6. The molecule has 1 unspecified atom stereocenters. The maximum absolute atomic E-state index is 11.5. The van der Waals surface area contributed by atoms with Crippen molar-refractivity contribution in [3.63, 3.8) is 0 Å². The zero-order valence-corrected chi connectivity index (χ0v) is 11.3. The van der Waals surface area contributed by atoms with Crippen molar-refractivity contribution in [3.05, 3.63) is 17.8 Å². The molecule has 0 spiro atoms. The standard InChI is InChI=1S/C13H20N4O2/c1-17-4-3-9(8-17)6-15-12-5-10(13(18)19-2)11(14)7-16-12/h5,7,9H,3-4,6,8,14H2,1-2H3,(H,15,16). The van der Waals surface area contributed by atoms with Crippen LogP contribution in [0.5, 0.6) is 0 Å². The van der Waals surface area contributed by atoms with Gasteiger partial charge >= 0.3 is 5.97 Å². The van der Waals surface area contributed by atoms with Crippen molar-refractivity contribution in [3.8, 4) is 0 Å². The molecule has 0 aliphatic carbocycles. The van der Waals surface area contributed by atoms with Gasteiger partial charge in [-0.3, -0.25) is 0 Å². The van der Waals surface area contributed by atoms with Crippen LogP contribution in [0.25, 0.3) is 0 Å². The summed E-state index contributed by atoms with van der Waals surface area (Å²) in [7, 11) is 3.46. The van der Waals surface area contributed by atoms with E-state index in [1.54, 1.807) is 6.07 Å². The summed E-state index contributed by atoms with van der Waals surface area (Å²) in [5.74, 6) is 0.832. The number of methoxy groups -OCH3 is 1. The predicted octanol–water partition coefficient (Wildman–Crippen LogP) is 0.814. The molecule has 1 saturated heterocycles. The van der Waals surface area contributed by atoms with Gasteiger partial charge in [0.15, 0.2) is 0 Å². The number of pyridine rings is 1. The average Bonchev–Trinajstić information content (AvgIpc) is 2.83. The lowest BCUT2D eigenvalue weighted by molar-refractivity contribution is 0.0602. The molecule has 0 aromatic carbocycles. The van der Waals surface area contributed by atoms with Crippen molar-refractivity contribution in [1.29, 1.82) is 0 Å². The lowest BCUT2D eigenvalue weighted by Crippen LogP contribution is -2.19. The van der Waals surface area contributed by atoms with Gasteiger partial charge in [0.1, 0.15) is 5.82 Å². The van der Waals surface area contributed by atoms with E-state index >= 15 is 0 Å². The van der Waals surface area contributed by atoms with Crippen molar-refractivity contribution in [2.75, 3.05) is 44.8 Å². The van der Waals surface area contributed by atoms with Gasteiger partial charge in [0.2, 0.25) is 0 Å². The van der Waals surface area contributed by atoms with Crippen LogP contribution in [0.3, 0.4) is 0 Å². The van der Waals surface area contributed by atoms with Crippen LogP contribution in [0.1, 0.15) is 16.8 Å². The molecule has 0 radical (unpaired) electrons. The van der Waals surface area contributed by atoms with Crippen LogP contribution in [0.2, 0.25) is 0 Å². The fourth-order valence-electron chi connectivity index (χ4n) is 2.29. The summed E-state index contributed by atoms with van der Waals surface area (Å²) in [6.07, 6.45) is 2.66. The second-order valence-electron chi connectivity index (χ2n) is 4.95. The topological polar surface area (TPSA) is 80.5 Å². The lowest BCUT2D eigenvalue weighted by atomic mass is 10.1. The summed E-state index contributed by atoms with van der Waals surface area (Å²) in [5.41, 5.74) is 6.39. The van der Waals surface area contributed by atoms with Crippen LogP contribution >= 0.6 is 0 Å². The molecular formula is C13H20N4O2. The summed E-state index contributed by atoms with van der Waals surface area (Å²) in [4.78, 5) is 18.0. The first kappa shape index (κ1) is 13.6. The molecule has 1 aromatic heterocycles. The number of carbonyl (C=O) groups excluding carboxylic acids is 1. The van der Waals surface area contributed by atoms with Gasteiger partial charge in [-0.25, -0.2) is 9.78 Å². The van der Waals surface area contributed by atoms with E-state index in [1.807, 2.05) is 0 Å². The number of esters is 1. The molecule has 3 N–H and O–H groups in total. The smallest absolute Gasteiger partial charge is 0.340 e. The van der Waals surface area contributed by atoms with Crippen LogP contribution in [-0.2, 0) is 4.74 Å². The number of rotatable bonds is 4. The molecule has 6 heteroatoms. The Morgan fingerprint density at radius 2 is 2.47 bits per heavy atom. The third-order valence-corrected chi connectivity index (χ3v) is 3.40. The van der Waals surface area contributed by atoms with Crippen molar-refractivity contribution in [2.45, 2.75) is 6.42 Å². The Morgan fingerprint density at radius 3 is 3.11 bits per heavy atom. The molecule has 19 heavy (non-hydrogen) atoms. The van der Waals surface area contributed by atoms with E-state index in [0.717, 1.165) is 19.6 Å². The summed E-state index contributed by atoms with van der Waals surface area (Å²) in [6, 6.07) is 1.64. The van der Waals surface area contributed by atoms with E-state index in [-0.39, 0.29) is 0 Å². The normalized spacial score (nSPS) is 19.4. The number of anilines is 2. The van der Waals surface area contributed by atoms with Gasteiger partial charge in [0.05, 0.1) is 24.6 Å². The molecular weight excluding hydrogens is 244 g/mol. The Labute approximate surface area is 112 Å². The maximum atomic E-state index is 11.5. The molecule has 1 atom stereocenters. The van der Waals surface area contributed by atoms with Crippen LogP contribution in [-0.4, -0.2) is 49.6 Å². The highest BCUT2D eigenvalue weighted by Gasteiger charge is 2.19. The van der Waals surface area contributed by atoms with Gasteiger partial charge in [0, 0.05) is 13.1 Å². The predicted molar refractivity (Wildman–Crippen MR) is 74.1 cm³/mol. The first-order valence-corrected chi connectivity index (χ1v) is 6.36. The molecule has 0 saturated carbocycles. The number of hydrogen-bond donors (Lipinski definition) is 2. The first-order valence-electron chi connectivity index (χ1n) is 6.36. The number of aromatic nitrogens is 1. The number of carbonyl (C=O) groups is 1. The number of nitrogens with one attached hydrogen (secondary N) is 1. The van der Waals surface area contributed by atoms with E-state index in [9.17, 15) is 4.79 Å². The molecule has 2 rings (SSSR count). The second kappa shape index (κ2) is 5.88. The van der Waals surface area contributed by atoms with Crippen molar-refractivity contribution < 1.29 is 9.53 Å². The third kappa shape index (κ3) is 3.35. The number of nitrogen functional groups attached to an aromatic ring is 1. The molecule has 6 nitrogen and oxygen atoms in total. The van der Waals surface area contributed by atoms with Gasteiger partial charge in [0.25, 0.3) is 0 Å². The quantitative estimate of drug-likeness (QED) is 0.783. The van der Waals surface area contributed by atoms with Gasteiger partial charge in [-0.2, -0.15) is 0 Å². The lowest BCUT2D eigenvalue weighted by Gasteiger charge is -2.13. The molecule has 0 bridgehead atoms. The minimum atomic E-state index is -0.441. The highest BCUT2D eigenvalue weighted by molar-refractivity contribution is 5.95. The molecule has 2 heterocycles. The van der Waals surface area contributed by atoms with Crippen LogP contribution < -0.4 is 11.1 Å².